The smallest absolute Gasteiger partial charge is 0.253 e. The molecule has 3 N–H and O–H groups in total. The molecule has 1 aliphatic rings. The first kappa shape index (κ1) is 15.6. The maximum Gasteiger partial charge on any atom is 0.253 e. The predicted molar refractivity (Wildman–Crippen MR) is 87.6 cm³/mol. The molecule has 1 saturated heterocycles. The lowest BCUT2D eigenvalue weighted by molar-refractivity contribution is 0.0827. The number of nitrogen functional groups attached to an aromatic ring is 1. The molecule has 116 valence electrons. The van der Waals surface area contributed by atoms with E-state index in [0.717, 1.165) is 18.8 Å². The molecular formula is C16H26N4O. The second kappa shape index (κ2) is 6.80. The van der Waals surface area contributed by atoms with Crippen molar-refractivity contribution in [3.63, 3.8) is 0 Å². The molecule has 1 aromatic carbocycles. The minimum Gasteiger partial charge on any atom is -0.397 e. The molecule has 1 aliphatic heterocycles. The van der Waals surface area contributed by atoms with Crippen molar-refractivity contribution in [2.24, 2.45) is 0 Å². The summed E-state index contributed by atoms with van der Waals surface area (Å²) in [6.07, 6.45) is 2.50. The third-order valence-corrected chi connectivity index (χ3v) is 4.14. The number of nitrogens with zero attached hydrogens (tertiary/aromatic N) is 2. The van der Waals surface area contributed by atoms with Crippen LogP contribution in [-0.2, 0) is 0 Å². The van der Waals surface area contributed by atoms with Crippen LogP contribution >= 0.6 is 0 Å². The summed E-state index contributed by atoms with van der Waals surface area (Å²) >= 11 is 0. The van der Waals surface area contributed by atoms with Gasteiger partial charge in [0, 0.05) is 32.2 Å². The summed E-state index contributed by atoms with van der Waals surface area (Å²) in [5.41, 5.74) is 8.23. The van der Waals surface area contributed by atoms with E-state index >= 15 is 0 Å². The molecule has 0 spiro atoms. The van der Waals surface area contributed by atoms with E-state index in [1.807, 2.05) is 12.1 Å². The van der Waals surface area contributed by atoms with E-state index in [0.29, 0.717) is 17.3 Å². The molecule has 1 amide bonds. The first-order valence-corrected chi connectivity index (χ1v) is 7.62. The minimum atomic E-state index is -0.0267. The lowest BCUT2D eigenvalue weighted by Gasteiger charge is -2.24. The summed E-state index contributed by atoms with van der Waals surface area (Å²) in [5, 5.41) is 3.42. The lowest BCUT2D eigenvalue weighted by Crippen LogP contribution is -2.34. The van der Waals surface area contributed by atoms with Crippen LogP contribution in [0.1, 0.15) is 30.1 Å². The number of nitrogens with two attached hydrogens (primary N) is 1. The summed E-state index contributed by atoms with van der Waals surface area (Å²) in [7, 11) is 3.48. The van der Waals surface area contributed by atoms with Crippen LogP contribution in [0.25, 0.3) is 0 Å². The number of rotatable bonds is 5. The van der Waals surface area contributed by atoms with Gasteiger partial charge in [-0.2, -0.15) is 0 Å². The fourth-order valence-electron chi connectivity index (χ4n) is 2.89. The van der Waals surface area contributed by atoms with Crippen LogP contribution in [0.15, 0.2) is 18.2 Å². The van der Waals surface area contributed by atoms with Gasteiger partial charge in [-0.1, -0.05) is 6.92 Å². The number of anilines is 2. The van der Waals surface area contributed by atoms with Gasteiger partial charge in [-0.3, -0.25) is 9.69 Å². The average Bonchev–Trinajstić information content (AvgIpc) is 2.92. The third-order valence-electron chi connectivity index (χ3n) is 4.14. The summed E-state index contributed by atoms with van der Waals surface area (Å²) in [4.78, 5) is 15.9. The summed E-state index contributed by atoms with van der Waals surface area (Å²) < 4.78 is 0. The Bertz CT molecular complexity index is 501. The number of amides is 1. The Labute approximate surface area is 127 Å². The van der Waals surface area contributed by atoms with Gasteiger partial charge in [0.15, 0.2) is 0 Å². The molecule has 0 aliphatic carbocycles. The predicted octanol–water partition coefficient (Wildman–Crippen LogP) is 1.87. The molecule has 1 atom stereocenters. The number of carbonyl (C=O) groups is 1. The van der Waals surface area contributed by atoms with E-state index in [4.69, 9.17) is 5.73 Å². The molecule has 1 aromatic rings. The molecule has 1 heterocycles. The van der Waals surface area contributed by atoms with Crippen molar-refractivity contribution < 1.29 is 4.79 Å². The lowest BCUT2D eigenvalue weighted by atomic mass is 10.1. The highest BCUT2D eigenvalue weighted by Crippen LogP contribution is 2.22. The van der Waals surface area contributed by atoms with Crippen molar-refractivity contribution >= 4 is 17.3 Å². The van der Waals surface area contributed by atoms with Gasteiger partial charge >= 0.3 is 0 Å². The Balaban J connectivity index is 1.99. The second-order valence-electron chi connectivity index (χ2n) is 5.81. The summed E-state index contributed by atoms with van der Waals surface area (Å²) in [6.45, 7) is 5.39. The Morgan fingerprint density at radius 3 is 2.86 bits per heavy atom. The monoisotopic (exact) mass is 290 g/mol. The molecule has 5 nitrogen and oxygen atoms in total. The van der Waals surface area contributed by atoms with E-state index in [2.05, 4.69) is 17.1 Å². The maximum absolute atomic E-state index is 11.9. The van der Waals surface area contributed by atoms with Crippen LogP contribution in [-0.4, -0.2) is 55.5 Å². The first-order chi connectivity index (χ1) is 10.0. The van der Waals surface area contributed by atoms with Gasteiger partial charge in [0.05, 0.1) is 11.4 Å². The van der Waals surface area contributed by atoms with Crippen LogP contribution in [0, 0.1) is 0 Å². The van der Waals surface area contributed by atoms with Gasteiger partial charge < -0.3 is 16.0 Å². The molecule has 5 heteroatoms. The molecule has 21 heavy (non-hydrogen) atoms. The van der Waals surface area contributed by atoms with Gasteiger partial charge in [0.25, 0.3) is 5.91 Å². The number of likely N-dealkylation sites (N-methyl/N-ethyl adjacent to an activating group) is 1. The average molecular weight is 290 g/mol. The molecular weight excluding hydrogens is 264 g/mol. The molecule has 1 fully saturated rings. The molecule has 0 aromatic heterocycles. The van der Waals surface area contributed by atoms with Gasteiger partial charge in [-0.25, -0.2) is 0 Å². The maximum atomic E-state index is 11.9. The molecule has 2 rings (SSSR count). The third kappa shape index (κ3) is 3.67. The number of nitrogens with one attached hydrogen (secondary N) is 1. The van der Waals surface area contributed by atoms with Crippen LogP contribution in [0.4, 0.5) is 11.4 Å². The molecule has 0 bridgehead atoms. The fraction of sp³-hybridized carbons (Fsp3) is 0.562. The van der Waals surface area contributed by atoms with E-state index in [9.17, 15) is 4.79 Å². The zero-order chi connectivity index (χ0) is 15.4. The van der Waals surface area contributed by atoms with Gasteiger partial charge in [0.1, 0.15) is 0 Å². The topological polar surface area (TPSA) is 61.6 Å². The summed E-state index contributed by atoms with van der Waals surface area (Å²) in [6, 6.07) is 6.05. The van der Waals surface area contributed by atoms with Crippen LogP contribution in [0.2, 0.25) is 0 Å². The fourth-order valence-corrected chi connectivity index (χ4v) is 2.89. The SMILES string of the molecule is CCN1CCCC1CNc1ccc(C(=O)N(C)C)cc1N. The van der Waals surface area contributed by atoms with E-state index in [-0.39, 0.29) is 5.91 Å². The number of hydrogen-bond donors (Lipinski definition) is 2. The van der Waals surface area contributed by atoms with E-state index in [1.54, 1.807) is 25.1 Å². The summed E-state index contributed by atoms with van der Waals surface area (Å²) in [5.74, 6) is -0.0267. The zero-order valence-electron chi connectivity index (χ0n) is 13.2. The van der Waals surface area contributed by atoms with Crippen molar-refractivity contribution in [3.05, 3.63) is 23.8 Å². The van der Waals surface area contributed by atoms with Crippen LogP contribution in [0.5, 0.6) is 0 Å². The Hall–Kier alpha value is -1.75. The van der Waals surface area contributed by atoms with Crippen LogP contribution in [0.3, 0.4) is 0 Å². The molecule has 0 radical (unpaired) electrons. The van der Waals surface area contributed by atoms with Crippen molar-refractivity contribution in [1.29, 1.82) is 0 Å². The van der Waals surface area contributed by atoms with Crippen molar-refractivity contribution in [1.82, 2.24) is 9.80 Å². The Morgan fingerprint density at radius 2 is 2.24 bits per heavy atom. The quantitative estimate of drug-likeness (QED) is 0.813. The standard InChI is InChI=1S/C16H26N4O/c1-4-20-9-5-6-13(20)11-18-15-8-7-12(10-14(15)17)16(21)19(2)3/h7-8,10,13,18H,4-6,9,11,17H2,1-3H3. The van der Waals surface area contributed by atoms with Crippen molar-refractivity contribution in [2.45, 2.75) is 25.8 Å². The van der Waals surface area contributed by atoms with Gasteiger partial charge in [-0.15, -0.1) is 0 Å². The van der Waals surface area contributed by atoms with Gasteiger partial charge in [0.2, 0.25) is 0 Å². The molecule has 0 saturated carbocycles. The largest absolute Gasteiger partial charge is 0.397 e. The number of carbonyl (C=O) groups excluding carboxylic acids is 1. The Morgan fingerprint density at radius 1 is 1.48 bits per heavy atom. The number of likely N-dealkylation sites (tertiary alicyclic amines) is 1. The zero-order valence-corrected chi connectivity index (χ0v) is 13.2. The number of benzene rings is 1. The van der Waals surface area contributed by atoms with E-state index < -0.39 is 0 Å². The van der Waals surface area contributed by atoms with E-state index in [1.165, 1.54) is 19.4 Å². The normalized spacial score (nSPS) is 18.7. The van der Waals surface area contributed by atoms with Gasteiger partial charge in [-0.05, 0) is 44.1 Å². The first-order valence-electron chi connectivity index (χ1n) is 7.62. The Kier molecular flexibility index (Phi) is 5.07. The highest BCUT2D eigenvalue weighted by atomic mass is 16.2. The minimum absolute atomic E-state index is 0.0267. The van der Waals surface area contributed by atoms with Crippen molar-refractivity contribution in [3.8, 4) is 0 Å². The highest BCUT2D eigenvalue weighted by molar-refractivity contribution is 5.95. The highest BCUT2D eigenvalue weighted by Gasteiger charge is 2.22. The number of hydrogen-bond acceptors (Lipinski definition) is 4. The van der Waals surface area contributed by atoms with Crippen LogP contribution < -0.4 is 11.1 Å². The van der Waals surface area contributed by atoms with Crippen molar-refractivity contribution in [2.75, 3.05) is 44.8 Å². The second-order valence-corrected chi connectivity index (χ2v) is 5.81. The molecule has 1 unspecified atom stereocenters.